The first kappa shape index (κ1) is 12.7. The number of halogens is 1. The summed E-state index contributed by atoms with van der Waals surface area (Å²) in [5.41, 5.74) is 1.05. The normalized spacial score (nSPS) is 17.6. The van der Waals surface area contributed by atoms with Crippen LogP contribution in [0.25, 0.3) is 0 Å². The van der Waals surface area contributed by atoms with Gasteiger partial charge in [0.1, 0.15) is 0 Å². The lowest BCUT2D eigenvalue weighted by Crippen LogP contribution is -2.26. The van der Waals surface area contributed by atoms with Gasteiger partial charge in [0.05, 0.1) is 17.7 Å². The minimum Gasteiger partial charge on any atom is -0.489 e. The van der Waals surface area contributed by atoms with Gasteiger partial charge in [-0.2, -0.15) is 0 Å². The quantitative estimate of drug-likeness (QED) is 0.913. The minimum atomic E-state index is 0.00953. The summed E-state index contributed by atoms with van der Waals surface area (Å²) in [5.74, 6) is 1.52. The van der Waals surface area contributed by atoms with Crippen LogP contribution in [0.4, 0.5) is 0 Å². The van der Waals surface area contributed by atoms with Crippen molar-refractivity contribution in [2.24, 2.45) is 5.41 Å². The van der Waals surface area contributed by atoms with E-state index in [-0.39, 0.29) is 12.0 Å². The Labute approximate surface area is 110 Å². The maximum atomic E-state index is 8.97. The Kier molecular flexibility index (Phi) is 3.64. The molecule has 4 heteroatoms. The van der Waals surface area contributed by atoms with Crippen LogP contribution in [0.1, 0.15) is 19.4 Å². The van der Waals surface area contributed by atoms with Gasteiger partial charge in [-0.25, -0.2) is 0 Å². The van der Waals surface area contributed by atoms with Crippen LogP contribution in [0.2, 0.25) is 0 Å². The van der Waals surface area contributed by atoms with Gasteiger partial charge in [0.15, 0.2) is 11.5 Å². The Morgan fingerprint density at radius 3 is 2.71 bits per heavy atom. The Morgan fingerprint density at radius 2 is 2.00 bits per heavy atom. The fourth-order valence-electron chi connectivity index (χ4n) is 1.72. The van der Waals surface area contributed by atoms with Crippen LogP contribution in [0, 0.1) is 5.41 Å². The van der Waals surface area contributed by atoms with Crippen molar-refractivity contribution in [2.75, 3.05) is 19.8 Å². The molecule has 94 valence electrons. The van der Waals surface area contributed by atoms with Crippen LogP contribution in [0.15, 0.2) is 16.6 Å². The number of hydrogen-bond acceptors (Lipinski definition) is 3. The highest BCUT2D eigenvalue weighted by Gasteiger charge is 2.26. The molecule has 0 unspecified atom stereocenters. The van der Waals surface area contributed by atoms with Gasteiger partial charge in [-0.3, -0.25) is 0 Å². The molecule has 0 aromatic heterocycles. The Morgan fingerprint density at radius 1 is 1.29 bits per heavy atom. The molecule has 17 heavy (non-hydrogen) atoms. The van der Waals surface area contributed by atoms with Crippen LogP contribution in [-0.2, 0) is 6.42 Å². The molecular formula is C13H17BrO3. The van der Waals surface area contributed by atoms with Crippen LogP contribution >= 0.6 is 15.9 Å². The van der Waals surface area contributed by atoms with E-state index in [0.29, 0.717) is 19.6 Å². The maximum Gasteiger partial charge on any atom is 0.175 e. The van der Waals surface area contributed by atoms with Gasteiger partial charge < -0.3 is 14.6 Å². The standard InChI is InChI=1S/C13H17BrO3/c1-13(2)7-16-11-6-9(3-4-15)5-10(14)12(11)17-8-13/h5-6,15H,3-4,7-8H2,1-2H3. The molecule has 0 aliphatic carbocycles. The molecule has 1 aromatic carbocycles. The summed E-state index contributed by atoms with van der Waals surface area (Å²) < 4.78 is 12.5. The lowest BCUT2D eigenvalue weighted by atomic mass is 9.97. The third-order valence-electron chi connectivity index (χ3n) is 2.70. The highest BCUT2D eigenvalue weighted by Crippen LogP contribution is 2.40. The number of ether oxygens (including phenoxy) is 2. The Hall–Kier alpha value is -0.740. The van der Waals surface area contributed by atoms with Crippen molar-refractivity contribution in [1.82, 2.24) is 0 Å². The predicted octanol–water partition coefficient (Wildman–Crippen LogP) is 2.78. The summed E-state index contributed by atoms with van der Waals surface area (Å²) in [7, 11) is 0. The molecule has 0 atom stereocenters. The highest BCUT2D eigenvalue weighted by molar-refractivity contribution is 9.10. The first-order chi connectivity index (χ1) is 8.02. The fraction of sp³-hybridized carbons (Fsp3) is 0.538. The van der Waals surface area contributed by atoms with Crippen molar-refractivity contribution in [3.05, 3.63) is 22.2 Å². The van der Waals surface area contributed by atoms with Crippen molar-refractivity contribution in [3.8, 4) is 11.5 Å². The summed E-state index contributed by atoms with van der Waals surface area (Å²) in [5, 5.41) is 8.97. The molecule has 2 rings (SSSR count). The molecule has 3 nitrogen and oxygen atoms in total. The van der Waals surface area contributed by atoms with E-state index in [9.17, 15) is 0 Å². The first-order valence-corrected chi connectivity index (χ1v) is 6.50. The molecule has 0 spiro atoms. The molecule has 1 aliphatic heterocycles. The third-order valence-corrected chi connectivity index (χ3v) is 3.28. The number of fused-ring (bicyclic) bond motifs is 1. The average molecular weight is 301 g/mol. The number of rotatable bonds is 2. The van der Waals surface area contributed by atoms with Crippen molar-refractivity contribution >= 4 is 15.9 Å². The fourth-order valence-corrected chi connectivity index (χ4v) is 2.33. The molecular weight excluding hydrogens is 284 g/mol. The van der Waals surface area contributed by atoms with Gasteiger partial charge in [-0.05, 0) is 40.0 Å². The lowest BCUT2D eigenvalue weighted by Gasteiger charge is -2.19. The molecule has 0 amide bonds. The zero-order valence-electron chi connectivity index (χ0n) is 10.1. The predicted molar refractivity (Wildman–Crippen MR) is 69.7 cm³/mol. The summed E-state index contributed by atoms with van der Waals surface area (Å²) >= 11 is 3.49. The molecule has 0 bridgehead atoms. The van der Waals surface area contributed by atoms with Crippen LogP contribution in [-0.4, -0.2) is 24.9 Å². The lowest BCUT2D eigenvalue weighted by molar-refractivity contribution is 0.140. The van der Waals surface area contributed by atoms with E-state index < -0.39 is 0 Å². The van der Waals surface area contributed by atoms with Gasteiger partial charge >= 0.3 is 0 Å². The second kappa shape index (κ2) is 4.86. The molecule has 1 aliphatic rings. The summed E-state index contributed by atoms with van der Waals surface area (Å²) in [4.78, 5) is 0. The second-order valence-electron chi connectivity index (χ2n) is 5.12. The number of aliphatic hydroxyl groups is 1. The van der Waals surface area contributed by atoms with Crippen LogP contribution in [0.5, 0.6) is 11.5 Å². The van der Waals surface area contributed by atoms with Gasteiger partial charge in [0.25, 0.3) is 0 Å². The minimum absolute atomic E-state index is 0.00953. The third kappa shape index (κ3) is 2.93. The largest absolute Gasteiger partial charge is 0.489 e. The highest BCUT2D eigenvalue weighted by atomic mass is 79.9. The number of aliphatic hydroxyl groups excluding tert-OH is 1. The van der Waals surface area contributed by atoms with E-state index in [1.54, 1.807) is 0 Å². The van der Waals surface area contributed by atoms with E-state index in [1.165, 1.54) is 0 Å². The molecule has 0 saturated heterocycles. The van der Waals surface area contributed by atoms with Gasteiger partial charge in [0, 0.05) is 12.0 Å². The average Bonchev–Trinajstić information content (AvgIpc) is 2.39. The molecule has 0 radical (unpaired) electrons. The topological polar surface area (TPSA) is 38.7 Å². The van der Waals surface area contributed by atoms with Crippen molar-refractivity contribution in [1.29, 1.82) is 0 Å². The first-order valence-electron chi connectivity index (χ1n) is 5.71. The summed E-state index contributed by atoms with van der Waals surface area (Å²) in [6.07, 6.45) is 0.624. The van der Waals surface area contributed by atoms with Crippen molar-refractivity contribution in [3.63, 3.8) is 0 Å². The van der Waals surface area contributed by atoms with Crippen molar-refractivity contribution in [2.45, 2.75) is 20.3 Å². The summed E-state index contributed by atoms with van der Waals surface area (Å²) in [6, 6.07) is 3.91. The molecule has 1 N–H and O–H groups in total. The summed E-state index contributed by atoms with van der Waals surface area (Å²) in [6.45, 7) is 5.63. The number of benzene rings is 1. The van der Waals surface area contributed by atoms with E-state index in [0.717, 1.165) is 21.5 Å². The number of hydrogen-bond donors (Lipinski definition) is 1. The molecule has 1 aromatic rings. The maximum absolute atomic E-state index is 8.97. The molecule has 1 heterocycles. The van der Waals surface area contributed by atoms with Crippen molar-refractivity contribution < 1.29 is 14.6 Å². The SMILES string of the molecule is CC1(C)COc2cc(CCO)cc(Br)c2OC1. The van der Waals surface area contributed by atoms with E-state index in [2.05, 4.69) is 29.8 Å². The van der Waals surface area contributed by atoms with Crippen LogP contribution in [0.3, 0.4) is 0 Å². The zero-order valence-corrected chi connectivity index (χ0v) is 11.7. The molecule has 0 fully saturated rings. The van der Waals surface area contributed by atoms with E-state index in [1.807, 2.05) is 12.1 Å². The van der Waals surface area contributed by atoms with Gasteiger partial charge in [-0.15, -0.1) is 0 Å². The molecule has 0 saturated carbocycles. The van der Waals surface area contributed by atoms with Gasteiger partial charge in [0.2, 0.25) is 0 Å². The Bertz CT molecular complexity index is 415. The van der Waals surface area contributed by atoms with E-state index >= 15 is 0 Å². The van der Waals surface area contributed by atoms with Gasteiger partial charge in [-0.1, -0.05) is 13.8 Å². The zero-order chi connectivity index (χ0) is 12.5. The Balaban J connectivity index is 2.32. The second-order valence-corrected chi connectivity index (χ2v) is 5.97. The van der Waals surface area contributed by atoms with E-state index in [4.69, 9.17) is 14.6 Å². The smallest absolute Gasteiger partial charge is 0.175 e. The monoisotopic (exact) mass is 300 g/mol. The van der Waals surface area contributed by atoms with Crippen LogP contribution < -0.4 is 9.47 Å².